The second-order valence-electron chi connectivity index (χ2n) is 11.4. The van der Waals surface area contributed by atoms with E-state index < -0.39 is 11.6 Å². The molecule has 1 amide bonds. The summed E-state index contributed by atoms with van der Waals surface area (Å²) in [7, 11) is 0. The Balaban J connectivity index is 1.77. The normalized spacial score (nSPS) is 18.0. The van der Waals surface area contributed by atoms with Gasteiger partial charge in [0.2, 0.25) is 5.90 Å². The highest BCUT2D eigenvalue weighted by molar-refractivity contribution is 6.01. The number of aliphatic hydroxyl groups is 1. The fourth-order valence-corrected chi connectivity index (χ4v) is 4.70. The Morgan fingerprint density at radius 3 is 2.50 bits per heavy atom. The van der Waals surface area contributed by atoms with Crippen molar-refractivity contribution in [3.63, 3.8) is 0 Å². The molecule has 1 aliphatic rings. The van der Waals surface area contributed by atoms with E-state index in [0.29, 0.717) is 48.0 Å². The summed E-state index contributed by atoms with van der Waals surface area (Å²) < 4.78 is 12.2. The standard InChI is InChI=1S/C32H38N6O4/c1-31(2,3)18-19-34-37-30(40)32(22-23-10-5-4-6-11-23)28(26-12-7-8-13-27(26)36-38-33)42-29(35-32)24-14-16-25(17-15-24)41-21-9-20-39/h4-8,10-17,28,34,39H,9,18-22H2,1-3H3,(H,37,40)/t28-,32-/m0/s1. The summed E-state index contributed by atoms with van der Waals surface area (Å²) in [6.07, 6.45) is 0.728. The molecule has 220 valence electrons. The zero-order chi connectivity index (χ0) is 30.0. The number of ether oxygens (including phenoxy) is 2. The third-order valence-electron chi connectivity index (χ3n) is 6.92. The number of nitrogens with one attached hydrogen (secondary N) is 2. The predicted octanol–water partition coefficient (Wildman–Crippen LogP) is 5.95. The van der Waals surface area contributed by atoms with Crippen molar-refractivity contribution < 1.29 is 19.4 Å². The largest absolute Gasteiger partial charge is 0.494 e. The second kappa shape index (κ2) is 14.0. The highest BCUT2D eigenvalue weighted by Crippen LogP contribution is 2.45. The molecule has 0 radical (unpaired) electrons. The molecule has 3 aromatic carbocycles. The maximum absolute atomic E-state index is 14.2. The Hall–Kier alpha value is -4.37. The molecule has 1 heterocycles. The maximum Gasteiger partial charge on any atom is 0.266 e. The maximum atomic E-state index is 14.2. The number of rotatable bonds is 13. The summed E-state index contributed by atoms with van der Waals surface area (Å²) in [4.78, 5) is 22.2. The molecule has 3 aromatic rings. The summed E-state index contributed by atoms with van der Waals surface area (Å²) in [6.45, 7) is 7.44. The van der Waals surface area contributed by atoms with E-state index in [9.17, 15) is 10.3 Å². The molecule has 0 saturated carbocycles. The number of carbonyl (C=O) groups excluding carboxylic acids is 1. The molecule has 0 spiro atoms. The molecule has 0 aliphatic carbocycles. The highest BCUT2D eigenvalue weighted by Gasteiger charge is 2.54. The lowest BCUT2D eigenvalue weighted by molar-refractivity contribution is -0.130. The molecule has 42 heavy (non-hydrogen) atoms. The van der Waals surface area contributed by atoms with Crippen LogP contribution in [-0.4, -0.2) is 42.2 Å². The van der Waals surface area contributed by atoms with Gasteiger partial charge in [0.05, 0.1) is 6.61 Å². The summed E-state index contributed by atoms with van der Waals surface area (Å²) in [5, 5.41) is 12.9. The zero-order valence-corrected chi connectivity index (χ0v) is 24.3. The van der Waals surface area contributed by atoms with Crippen molar-refractivity contribution in [2.75, 3.05) is 19.8 Å². The number of hydrazine groups is 1. The van der Waals surface area contributed by atoms with Crippen molar-refractivity contribution in [2.24, 2.45) is 15.5 Å². The number of azide groups is 1. The van der Waals surface area contributed by atoms with E-state index in [-0.39, 0.29) is 24.3 Å². The quantitative estimate of drug-likeness (QED) is 0.0766. The van der Waals surface area contributed by atoms with E-state index >= 15 is 0 Å². The zero-order valence-electron chi connectivity index (χ0n) is 24.3. The SMILES string of the molecule is CC(C)(C)CCNNC(=O)[C@@]1(Cc2ccccc2)N=C(c2ccc(OCCCO)cc2)O[C@H]1c1ccccc1N=[N+]=[N-]. The lowest BCUT2D eigenvalue weighted by Gasteiger charge is -2.31. The van der Waals surface area contributed by atoms with Crippen LogP contribution in [0.25, 0.3) is 10.4 Å². The van der Waals surface area contributed by atoms with E-state index in [1.807, 2.05) is 48.5 Å². The van der Waals surface area contributed by atoms with Crippen LogP contribution in [0.5, 0.6) is 5.75 Å². The summed E-state index contributed by atoms with van der Waals surface area (Å²) in [5.41, 5.74) is 16.4. The molecule has 0 aromatic heterocycles. The summed E-state index contributed by atoms with van der Waals surface area (Å²) in [5.74, 6) is 0.575. The van der Waals surface area contributed by atoms with Crippen molar-refractivity contribution in [3.8, 4) is 5.75 Å². The van der Waals surface area contributed by atoms with Crippen LogP contribution in [0.3, 0.4) is 0 Å². The summed E-state index contributed by atoms with van der Waals surface area (Å²) in [6, 6.07) is 24.0. The number of hydrogen-bond acceptors (Lipinski definition) is 7. The van der Waals surface area contributed by atoms with Crippen LogP contribution in [0, 0.1) is 5.41 Å². The van der Waals surface area contributed by atoms with Crippen LogP contribution in [0.1, 0.15) is 56.4 Å². The first-order valence-electron chi connectivity index (χ1n) is 14.1. The number of carbonyl (C=O) groups is 1. The fraction of sp³-hybridized carbons (Fsp3) is 0.375. The number of amides is 1. The minimum atomic E-state index is -1.43. The van der Waals surface area contributed by atoms with Gasteiger partial charge in [-0.3, -0.25) is 10.2 Å². The monoisotopic (exact) mass is 570 g/mol. The molecule has 10 nitrogen and oxygen atoms in total. The average Bonchev–Trinajstić information content (AvgIpc) is 3.36. The van der Waals surface area contributed by atoms with Crippen molar-refractivity contribution in [3.05, 3.63) is 106 Å². The molecular formula is C32H38N6O4. The van der Waals surface area contributed by atoms with Gasteiger partial charge in [-0.2, -0.15) is 0 Å². The molecule has 2 atom stereocenters. The van der Waals surface area contributed by atoms with Crippen LogP contribution in [0.2, 0.25) is 0 Å². The fourth-order valence-electron chi connectivity index (χ4n) is 4.70. The van der Waals surface area contributed by atoms with E-state index in [1.54, 1.807) is 30.3 Å². The third kappa shape index (κ3) is 7.67. The van der Waals surface area contributed by atoms with Crippen LogP contribution in [0.4, 0.5) is 5.69 Å². The van der Waals surface area contributed by atoms with Gasteiger partial charge in [-0.15, -0.1) is 0 Å². The molecule has 0 fully saturated rings. The van der Waals surface area contributed by atoms with Crippen molar-refractivity contribution in [1.82, 2.24) is 10.9 Å². The number of aliphatic imine (C=N–C) groups is 1. The topological polar surface area (TPSA) is 141 Å². The summed E-state index contributed by atoms with van der Waals surface area (Å²) >= 11 is 0. The molecular weight excluding hydrogens is 532 g/mol. The Morgan fingerprint density at radius 1 is 1.10 bits per heavy atom. The molecule has 10 heteroatoms. The molecule has 3 N–H and O–H groups in total. The molecule has 0 bridgehead atoms. The molecule has 1 aliphatic heterocycles. The van der Waals surface area contributed by atoms with Gasteiger partial charge in [-0.1, -0.05) is 80.5 Å². The minimum Gasteiger partial charge on any atom is -0.494 e. The van der Waals surface area contributed by atoms with E-state index in [0.717, 1.165) is 12.0 Å². The average molecular weight is 571 g/mol. The lowest BCUT2D eigenvalue weighted by Crippen LogP contribution is -2.54. The van der Waals surface area contributed by atoms with Gasteiger partial charge in [0, 0.05) is 47.7 Å². The Morgan fingerprint density at radius 2 is 1.81 bits per heavy atom. The van der Waals surface area contributed by atoms with E-state index in [4.69, 9.17) is 19.6 Å². The third-order valence-corrected chi connectivity index (χ3v) is 6.92. The van der Waals surface area contributed by atoms with Crippen LogP contribution >= 0.6 is 0 Å². The predicted molar refractivity (Wildman–Crippen MR) is 162 cm³/mol. The van der Waals surface area contributed by atoms with Crippen molar-refractivity contribution in [1.29, 1.82) is 0 Å². The van der Waals surface area contributed by atoms with Gasteiger partial charge in [-0.05, 0) is 47.2 Å². The molecule has 0 unspecified atom stereocenters. The van der Waals surface area contributed by atoms with Crippen molar-refractivity contribution in [2.45, 2.75) is 51.7 Å². The highest BCUT2D eigenvalue weighted by atomic mass is 16.5. The Kier molecular flexibility index (Phi) is 10.2. The van der Waals surface area contributed by atoms with Gasteiger partial charge in [0.25, 0.3) is 5.91 Å². The van der Waals surface area contributed by atoms with Crippen LogP contribution in [0.15, 0.2) is 89.0 Å². The van der Waals surface area contributed by atoms with Crippen LogP contribution in [-0.2, 0) is 16.0 Å². The van der Waals surface area contributed by atoms with Crippen LogP contribution < -0.4 is 15.6 Å². The van der Waals surface area contributed by atoms with Crippen molar-refractivity contribution >= 4 is 17.5 Å². The van der Waals surface area contributed by atoms with Gasteiger partial charge in [-0.25, -0.2) is 10.4 Å². The first-order chi connectivity index (χ1) is 20.3. The van der Waals surface area contributed by atoms with Gasteiger partial charge >= 0.3 is 0 Å². The number of aliphatic hydroxyl groups excluding tert-OH is 1. The first kappa shape index (κ1) is 30.6. The van der Waals surface area contributed by atoms with Gasteiger partial charge < -0.3 is 14.6 Å². The molecule has 0 saturated heterocycles. The first-order valence-corrected chi connectivity index (χ1v) is 14.1. The van der Waals surface area contributed by atoms with Gasteiger partial charge in [0.15, 0.2) is 11.6 Å². The van der Waals surface area contributed by atoms with E-state index in [1.165, 1.54) is 0 Å². The Labute approximate surface area is 246 Å². The lowest BCUT2D eigenvalue weighted by atomic mass is 9.81. The minimum absolute atomic E-state index is 0.0536. The molecule has 4 rings (SSSR count). The Bertz CT molecular complexity index is 1410. The van der Waals surface area contributed by atoms with Gasteiger partial charge in [0.1, 0.15) is 5.75 Å². The number of nitrogens with zero attached hydrogens (tertiary/aromatic N) is 4. The number of benzene rings is 3. The number of hydrogen-bond donors (Lipinski definition) is 3. The smallest absolute Gasteiger partial charge is 0.266 e. The second-order valence-corrected chi connectivity index (χ2v) is 11.4. The van der Waals surface area contributed by atoms with E-state index in [2.05, 4.69) is 41.6 Å².